The Bertz CT molecular complexity index is 111. The molecule has 1 heterocycles. The topological polar surface area (TPSA) is 9.23 Å². The second-order valence-electron chi connectivity index (χ2n) is 4.71. The summed E-state index contributed by atoms with van der Waals surface area (Å²) in [6.07, 6.45) is 8.70. The van der Waals surface area contributed by atoms with Crippen LogP contribution in [-0.4, -0.2) is 13.2 Å². The first-order chi connectivity index (χ1) is 8.29. The molecule has 2 fully saturated rings. The number of ether oxygens (including phenoxy) is 1. The van der Waals surface area contributed by atoms with Crippen molar-refractivity contribution in [1.29, 1.82) is 0 Å². The largest absolute Gasteiger partial charge is 0.381 e. The molecule has 1 aliphatic carbocycles. The highest BCUT2D eigenvalue weighted by Crippen LogP contribution is 2.22. The van der Waals surface area contributed by atoms with Crippen LogP contribution in [0.25, 0.3) is 0 Å². The highest BCUT2D eigenvalue weighted by Gasteiger charge is 2.07. The molecule has 17 heavy (non-hydrogen) atoms. The molecule has 0 N–H and O–H groups in total. The average Bonchev–Trinajstić information content (AvgIpc) is 2.87. The molecule has 0 amide bonds. The highest BCUT2D eigenvalue weighted by molar-refractivity contribution is 4.59. The van der Waals surface area contributed by atoms with Crippen molar-refractivity contribution in [3.63, 3.8) is 0 Å². The van der Waals surface area contributed by atoms with Crippen LogP contribution in [0, 0.1) is 11.8 Å². The molecule has 1 aliphatic heterocycles. The molecule has 1 heteroatoms. The van der Waals surface area contributed by atoms with E-state index in [0.29, 0.717) is 0 Å². The Morgan fingerprint density at radius 2 is 1.24 bits per heavy atom. The number of rotatable bonds is 0. The third-order valence-electron chi connectivity index (χ3n) is 3.05. The lowest BCUT2D eigenvalue weighted by Gasteiger charge is -2.15. The van der Waals surface area contributed by atoms with Gasteiger partial charge in [-0.1, -0.05) is 73.6 Å². The lowest BCUT2D eigenvalue weighted by Crippen LogP contribution is -1.99. The summed E-state index contributed by atoms with van der Waals surface area (Å²) in [7, 11) is 0. The van der Waals surface area contributed by atoms with E-state index in [-0.39, 0.29) is 0 Å². The van der Waals surface area contributed by atoms with Crippen LogP contribution >= 0.6 is 0 Å². The maximum absolute atomic E-state index is 5.06. The molecule has 2 rings (SSSR count). The second-order valence-corrected chi connectivity index (χ2v) is 4.71. The van der Waals surface area contributed by atoms with E-state index in [1.807, 2.05) is 27.7 Å². The van der Waals surface area contributed by atoms with E-state index in [1.165, 1.54) is 38.5 Å². The molecule has 1 atom stereocenters. The Kier molecular flexibility index (Phi) is 18.1. The van der Waals surface area contributed by atoms with E-state index < -0.39 is 0 Å². The summed E-state index contributed by atoms with van der Waals surface area (Å²) in [4.78, 5) is 0. The molecule has 106 valence electrons. The zero-order valence-electron chi connectivity index (χ0n) is 13.2. The van der Waals surface area contributed by atoms with E-state index >= 15 is 0 Å². The van der Waals surface area contributed by atoms with Gasteiger partial charge in [-0.3, -0.25) is 0 Å². The Morgan fingerprint density at radius 3 is 1.41 bits per heavy atom. The highest BCUT2D eigenvalue weighted by atomic mass is 16.5. The lowest BCUT2D eigenvalue weighted by atomic mass is 9.91. The Morgan fingerprint density at radius 1 is 0.706 bits per heavy atom. The first kappa shape index (κ1) is 19.3. The van der Waals surface area contributed by atoms with Crippen LogP contribution in [0.5, 0.6) is 0 Å². The van der Waals surface area contributed by atoms with Gasteiger partial charge in [0.05, 0.1) is 0 Å². The fraction of sp³-hybridized carbons (Fsp3) is 1.00. The van der Waals surface area contributed by atoms with Gasteiger partial charge in [0.2, 0.25) is 0 Å². The smallest absolute Gasteiger partial charge is 0.0492 e. The average molecular weight is 244 g/mol. The second kappa shape index (κ2) is 16.0. The van der Waals surface area contributed by atoms with E-state index in [4.69, 9.17) is 4.74 Å². The van der Waals surface area contributed by atoms with Crippen LogP contribution < -0.4 is 0 Å². The van der Waals surface area contributed by atoms with Crippen LogP contribution in [0.3, 0.4) is 0 Å². The van der Waals surface area contributed by atoms with Crippen molar-refractivity contribution in [1.82, 2.24) is 0 Å². The van der Waals surface area contributed by atoms with Gasteiger partial charge in [0, 0.05) is 13.2 Å². The number of hydrogen-bond acceptors (Lipinski definition) is 1. The van der Waals surface area contributed by atoms with Crippen molar-refractivity contribution in [3.8, 4) is 0 Å². The molecule has 1 saturated carbocycles. The zero-order chi connectivity index (χ0) is 13.5. The van der Waals surface area contributed by atoms with Crippen molar-refractivity contribution >= 4 is 0 Å². The van der Waals surface area contributed by atoms with Gasteiger partial charge in [-0.25, -0.2) is 0 Å². The molecular formula is C16H36O. The summed E-state index contributed by atoms with van der Waals surface area (Å²) in [5.41, 5.74) is 0. The van der Waals surface area contributed by atoms with Gasteiger partial charge in [0.25, 0.3) is 0 Å². The quantitative estimate of drug-likeness (QED) is 0.532. The van der Waals surface area contributed by atoms with Gasteiger partial charge < -0.3 is 4.74 Å². The molecule has 0 radical (unpaired) electrons. The summed E-state index contributed by atoms with van der Waals surface area (Å²) in [6, 6.07) is 0. The minimum absolute atomic E-state index is 0.824. The summed E-state index contributed by atoms with van der Waals surface area (Å²) in [6.45, 7) is 14.5. The first-order valence-corrected chi connectivity index (χ1v) is 7.87. The number of hydrogen-bond donors (Lipinski definition) is 0. The zero-order valence-corrected chi connectivity index (χ0v) is 13.2. The van der Waals surface area contributed by atoms with Gasteiger partial charge in [0.15, 0.2) is 0 Å². The van der Waals surface area contributed by atoms with Gasteiger partial charge >= 0.3 is 0 Å². The standard InChI is InChI=1S/C7H14.C5H10O.2C2H6/c1-7-5-3-2-4-6-7;1-5-2-3-6-4-5;2*1-2/h7H,2-6H2,1H3;5H,2-4H2,1H3;2*1-2H3. The molecule has 0 bridgehead atoms. The molecule has 1 unspecified atom stereocenters. The van der Waals surface area contributed by atoms with Gasteiger partial charge in [-0.05, 0) is 18.3 Å². The Hall–Kier alpha value is -0.0400. The van der Waals surface area contributed by atoms with Crippen molar-refractivity contribution in [2.45, 2.75) is 80.1 Å². The summed E-state index contributed by atoms with van der Waals surface area (Å²) in [5, 5.41) is 0. The normalized spacial score (nSPS) is 23.3. The molecule has 0 aromatic heterocycles. The van der Waals surface area contributed by atoms with E-state index in [9.17, 15) is 0 Å². The van der Waals surface area contributed by atoms with Crippen LogP contribution in [0.2, 0.25) is 0 Å². The fourth-order valence-electron chi connectivity index (χ4n) is 1.96. The maximum Gasteiger partial charge on any atom is 0.0492 e. The SMILES string of the molecule is CC.CC.CC1CCCCC1.CC1CCOC1. The minimum Gasteiger partial charge on any atom is -0.381 e. The van der Waals surface area contributed by atoms with Crippen LogP contribution in [0.1, 0.15) is 80.1 Å². The Labute approximate surface area is 110 Å². The predicted octanol–water partition coefficient (Wildman–Crippen LogP) is 5.68. The third-order valence-corrected chi connectivity index (χ3v) is 3.05. The molecule has 0 aromatic rings. The lowest BCUT2D eigenvalue weighted by molar-refractivity contribution is 0.188. The van der Waals surface area contributed by atoms with Crippen LogP contribution in [0.15, 0.2) is 0 Å². The molecule has 0 aromatic carbocycles. The van der Waals surface area contributed by atoms with Crippen molar-refractivity contribution in [2.75, 3.05) is 13.2 Å². The fourth-order valence-corrected chi connectivity index (χ4v) is 1.96. The van der Waals surface area contributed by atoms with Gasteiger partial charge in [-0.2, -0.15) is 0 Å². The molecule has 1 nitrogen and oxygen atoms in total. The molecule has 0 spiro atoms. The van der Waals surface area contributed by atoms with Crippen LogP contribution in [0.4, 0.5) is 0 Å². The predicted molar refractivity (Wildman–Crippen MR) is 79.5 cm³/mol. The molecular weight excluding hydrogens is 208 g/mol. The summed E-state index contributed by atoms with van der Waals surface area (Å²) >= 11 is 0. The molecule has 1 saturated heterocycles. The van der Waals surface area contributed by atoms with Crippen molar-refractivity contribution in [3.05, 3.63) is 0 Å². The van der Waals surface area contributed by atoms with E-state index in [1.54, 1.807) is 0 Å². The van der Waals surface area contributed by atoms with Crippen molar-refractivity contribution in [2.24, 2.45) is 11.8 Å². The summed E-state index contributed by atoms with van der Waals surface area (Å²) in [5.74, 6) is 1.86. The van der Waals surface area contributed by atoms with Gasteiger partial charge in [-0.15, -0.1) is 0 Å². The monoisotopic (exact) mass is 244 g/mol. The van der Waals surface area contributed by atoms with Gasteiger partial charge in [0.1, 0.15) is 0 Å². The Balaban J connectivity index is 0. The minimum atomic E-state index is 0.824. The first-order valence-electron chi connectivity index (χ1n) is 7.87. The summed E-state index contributed by atoms with van der Waals surface area (Å²) < 4.78 is 5.06. The molecule has 2 aliphatic rings. The van der Waals surface area contributed by atoms with Crippen molar-refractivity contribution < 1.29 is 4.74 Å². The van der Waals surface area contributed by atoms with E-state index in [0.717, 1.165) is 25.0 Å². The van der Waals surface area contributed by atoms with Crippen LogP contribution in [-0.2, 0) is 4.74 Å². The van der Waals surface area contributed by atoms with E-state index in [2.05, 4.69) is 13.8 Å². The third kappa shape index (κ3) is 13.9. The maximum atomic E-state index is 5.06.